The molecule has 0 aliphatic heterocycles. The van der Waals surface area contributed by atoms with Crippen molar-refractivity contribution in [1.82, 2.24) is 20.1 Å². The highest BCUT2D eigenvalue weighted by molar-refractivity contribution is 7.99. The molecule has 0 atom stereocenters. The molecule has 1 aromatic heterocycles. The Morgan fingerprint density at radius 2 is 2.36 bits per heavy atom. The maximum atomic E-state index is 4.01. The number of hydrogen-bond donors (Lipinski definition) is 1. The highest BCUT2D eigenvalue weighted by atomic mass is 32.2. The zero-order valence-corrected chi connectivity index (χ0v) is 9.68. The fraction of sp³-hybridized carbons (Fsp3) is 0.778. The summed E-state index contributed by atoms with van der Waals surface area (Å²) in [5.41, 5.74) is 0. The summed E-state index contributed by atoms with van der Waals surface area (Å²) in [5, 5.41) is 12.2. The van der Waals surface area contributed by atoms with Gasteiger partial charge in [0.2, 0.25) is 0 Å². The number of hydrogen-bond acceptors (Lipinski definition) is 4. The van der Waals surface area contributed by atoms with Crippen LogP contribution in [0.15, 0.2) is 11.5 Å². The Morgan fingerprint density at radius 3 is 3.00 bits per heavy atom. The lowest BCUT2D eigenvalue weighted by Crippen LogP contribution is -2.13. The van der Waals surface area contributed by atoms with Crippen molar-refractivity contribution in [2.24, 2.45) is 7.05 Å². The Hall–Kier alpha value is -0.550. The van der Waals surface area contributed by atoms with Gasteiger partial charge in [-0.1, -0.05) is 18.7 Å². The zero-order chi connectivity index (χ0) is 10.2. The predicted octanol–water partition coefficient (Wildman–Crippen LogP) is 1.30. The molecule has 0 aromatic carbocycles. The molecule has 5 heteroatoms. The van der Waals surface area contributed by atoms with Gasteiger partial charge in [-0.05, 0) is 25.9 Å². The summed E-state index contributed by atoms with van der Waals surface area (Å²) in [6.07, 6.45) is 4.20. The van der Waals surface area contributed by atoms with E-state index in [4.69, 9.17) is 0 Å². The van der Waals surface area contributed by atoms with E-state index < -0.39 is 0 Å². The number of nitrogens with one attached hydrogen (secondary N) is 1. The van der Waals surface area contributed by atoms with E-state index in [1.165, 1.54) is 12.8 Å². The lowest BCUT2D eigenvalue weighted by atomic mass is 10.3. The third-order valence-electron chi connectivity index (χ3n) is 1.90. The van der Waals surface area contributed by atoms with Gasteiger partial charge in [-0.15, -0.1) is 10.2 Å². The summed E-state index contributed by atoms with van der Waals surface area (Å²) in [6, 6.07) is 0. The second kappa shape index (κ2) is 6.84. The lowest BCUT2D eigenvalue weighted by molar-refractivity contribution is 0.665. The smallest absolute Gasteiger partial charge is 0.190 e. The highest BCUT2D eigenvalue weighted by Gasteiger charge is 1.99. The minimum Gasteiger partial charge on any atom is -0.317 e. The van der Waals surface area contributed by atoms with Crippen LogP contribution in [0.4, 0.5) is 0 Å². The maximum Gasteiger partial charge on any atom is 0.190 e. The second-order valence-corrected chi connectivity index (χ2v) is 4.20. The Bertz CT molecular complexity index is 249. The van der Waals surface area contributed by atoms with E-state index in [2.05, 4.69) is 22.4 Å². The van der Waals surface area contributed by atoms with Crippen LogP contribution in [0.2, 0.25) is 0 Å². The van der Waals surface area contributed by atoms with Crippen molar-refractivity contribution in [2.75, 3.05) is 18.8 Å². The average molecular weight is 214 g/mol. The Morgan fingerprint density at radius 1 is 1.50 bits per heavy atom. The van der Waals surface area contributed by atoms with Gasteiger partial charge in [-0.2, -0.15) is 0 Å². The predicted molar refractivity (Wildman–Crippen MR) is 59.5 cm³/mol. The number of thioether (sulfide) groups is 1. The molecule has 0 saturated carbocycles. The van der Waals surface area contributed by atoms with E-state index in [0.717, 1.165) is 24.0 Å². The molecule has 0 radical (unpaired) electrons. The molecular formula is C9H18N4S. The van der Waals surface area contributed by atoms with Crippen molar-refractivity contribution in [3.8, 4) is 0 Å². The van der Waals surface area contributed by atoms with Gasteiger partial charge in [-0.25, -0.2) is 0 Å². The minimum absolute atomic E-state index is 1.01. The van der Waals surface area contributed by atoms with Gasteiger partial charge >= 0.3 is 0 Å². The molecule has 0 bridgehead atoms. The summed E-state index contributed by atoms with van der Waals surface area (Å²) in [6.45, 7) is 4.32. The maximum absolute atomic E-state index is 4.01. The topological polar surface area (TPSA) is 42.7 Å². The van der Waals surface area contributed by atoms with Crippen LogP contribution in [0.3, 0.4) is 0 Å². The second-order valence-electron chi connectivity index (χ2n) is 3.13. The van der Waals surface area contributed by atoms with Gasteiger partial charge in [0.05, 0.1) is 0 Å². The molecule has 0 unspecified atom stereocenters. The number of nitrogens with zero attached hydrogens (tertiary/aromatic N) is 3. The van der Waals surface area contributed by atoms with Crippen LogP contribution >= 0.6 is 11.8 Å². The van der Waals surface area contributed by atoms with Gasteiger partial charge < -0.3 is 9.88 Å². The summed E-state index contributed by atoms with van der Waals surface area (Å²) in [4.78, 5) is 0. The minimum atomic E-state index is 1.01. The summed E-state index contributed by atoms with van der Waals surface area (Å²) in [7, 11) is 1.97. The fourth-order valence-electron chi connectivity index (χ4n) is 1.10. The third kappa shape index (κ3) is 4.11. The van der Waals surface area contributed by atoms with Gasteiger partial charge in [0, 0.05) is 12.8 Å². The highest BCUT2D eigenvalue weighted by Crippen LogP contribution is 2.14. The van der Waals surface area contributed by atoms with Crippen LogP contribution in [0.5, 0.6) is 0 Å². The normalized spacial score (nSPS) is 10.7. The number of aryl methyl sites for hydroxylation is 1. The molecule has 0 spiro atoms. The number of rotatable bonds is 7. The molecular weight excluding hydrogens is 196 g/mol. The molecule has 0 aliphatic rings. The molecule has 1 rings (SSSR count). The first-order valence-electron chi connectivity index (χ1n) is 5.02. The molecule has 0 fully saturated rings. The SMILES string of the molecule is CCNCCCCSc1nncn1C. The Balaban J connectivity index is 2.02. The van der Waals surface area contributed by atoms with Gasteiger partial charge in [-0.3, -0.25) is 0 Å². The quantitative estimate of drug-likeness (QED) is 0.549. The van der Waals surface area contributed by atoms with Crippen LogP contribution in [0, 0.1) is 0 Å². The lowest BCUT2D eigenvalue weighted by Gasteiger charge is -2.01. The Kier molecular flexibility index (Phi) is 5.63. The summed E-state index contributed by atoms with van der Waals surface area (Å²) >= 11 is 1.77. The largest absolute Gasteiger partial charge is 0.317 e. The molecule has 1 heterocycles. The number of aromatic nitrogens is 3. The zero-order valence-electron chi connectivity index (χ0n) is 8.86. The van der Waals surface area contributed by atoms with Gasteiger partial charge in [0.1, 0.15) is 6.33 Å². The van der Waals surface area contributed by atoms with Gasteiger partial charge in [0.15, 0.2) is 5.16 Å². The van der Waals surface area contributed by atoms with Crippen molar-refractivity contribution >= 4 is 11.8 Å². The van der Waals surface area contributed by atoms with E-state index in [1.807, 2.05) is 11.6 Å². The van der Waals surface area contributed by atoms with Crippen molar-refractivity contribution < 1.29 is 0 Å². The monoisotopic (exact) mass is 214 g/mol. The van der Waals surface area contributed by atoms with E-state index in [1.54, 1.807) is 18.1 Å². The van der Waals surface area contributed by atoms with E-state index >= 15 is 0 Å². The number of unbranched alkanes of at least 4 members (excludes halogenated alkanes) is 1. The van der Waals surface area contributed by atoms with Crippen LogP contribution in [0.25, 0.3) is 0 Å². The molecule has 14 heavy (non-hydrogen) atoms. The first-order chi connectivity index (χ1) is 6.84. The van der Waals surface area contributed by atoms with Crippen molar-refractivity contribution in [2.45, 2.75) is 24.9 Å². The van der Waals surface area contributed by atoms with E-state index in [-0.39, 0.29) is 0 Å². The Labute approximate surface area is 89.5 Å². The van der Waals surface area contributed by atoms with Crippen molar-refractivity contribution in [3.63, 3.8) is 0 Å². The summed E-state index contributed by atoms with van der Waals surface area (Å²) in [5.74, 6) is 1.12. The molecule has 1 N–H and O–H groups in total. The van der Waals surface area contributed by atoms with Gasteiger partial charge in [0.25, 0.3) is 0 Å². The van der Waals surface area contributed by atoms with Crippen molar-refractivity contribution in [3.05, 3.63) is 6.33 Å². The molecule has 0 saturated heterocycles. The van der Waals surface area contributed by atoms with Crippen LogP contribution in [-0.2, 0) is 7.05 Å². The van der Waals surface area contributed by atoms with Crippen LogP contribution in [-0.4, -0.2) is 33.6 Å². The average Bonchev–Trinajstić information content (AvgIpc) is 2.58. The molecule has 0 aliphatic carbocycles. The third-order valence-corrected chi connectivity index (χ3v) is 3.02. The standard InChI is InChI=1S/C9H18N4S/c1-3-10-6-4-5-7-14-9-12-11-8-13(9)2/h8,10H,3-7H2,1-2H3. The first-order valence-corrected chi connectivity index (χ1v) is 6.00. The first kappa shape index (κ1) is 11.5. The van der Waals surface area contributed by atoms with E-state index in [9.17, 15) is 0 Å². The molecule has 4 nitrogen and oxygen atoms in total. The van der Waals surface area contributed by atoms with Crippen LogP contribution in [0.1, 0.15) is 19.8 Å². The van der Waals surface area contributed by atoms with Crippen LogP contribution < -0.4 is 5.32 Å². The fourth-order valence-corrected chi connectivity index (χ4v) is 1.98. The van der Waals surface area contributed by atoms with Crippen molar-refractivity contribution in [1.29, 1.82) is 0 Å². The molecule has 1 aromatic rings. The van der Waals surface area contributed by atoms with E-state index in [0.29, 0.717) is 0 Å². The molecule has 0 amide bonds. The summed E-state index contributed by atoms with van der Waals surface area (Å²) < 4.78 is 1.95. The molecule has 80 valence electrons.